The number of anilines is 1. The van der Waals surface area contributed by atoms with E-state index in [4.69, 9.17) is 0 Å². The van der Waals surface area contributed by atoms with E-state index in [1.54, 1.807) is 0 Å². The van der Waals surface area contributed by atoms with E-state index in [-0.39, 0.29) is 5.91 Å². The largest absolute Gasteiger partial charge is 0.362 e. The van der Waals surface area contributed by atoms with Gasteiger partial charge in [-0.1, -0.05) is 32.0 Å². The number of carbonyl (C=O) groups is 1. The number of rotatable bonds is 4. The van der Waals surface area contributed by atoms with Gasteiger partial charge in [-0.3, -0.25) is 4.79 Å². The molecule has 1 amide bonds. The number of hydrogen-bond acceptors (Lipinski definition) is 3. The van der Waals surface area contributed by atoms with Crippen LogP contribution >= 0.6 is 0 Å². The highest BCUT2D eigenvalue weighted by Crippen LogP contribution is 2.22. The van der Waals surface area contributed by atoms with Crippen molar-refractivity contribution in [3.63, 3.8) is 0 Å². The smallest absolute Gasteiger partial charge is 0.241 e. The molecule has 1 fully saturated rings. The Morgan fingerprint density at radius 3 is 2.75 bits per heavy atom. The van der Waals surface area contributed by atoms with E-state index in [1.165, 1.54) is 11.3 Å². The molecule has 4 nitrogen and oxygen atoms in total. The normalized spacial score (nSPS) is 16.7. The Bertz CT molecular complexity index is 459. The van der Waals surface area contributed by atoms with Crippen molar-refractivity contribution < 1.29 is 4.79 Å². The Morgan fingerprint density at radius 1 is 1.25 bits per heavy atom. The molecule has 20 heavy (non-hydrogen) atoms. The van der Waals surface area contributed by atoms with Crippen molar-refractivity contribution in [2.75, 3.05) is 31.6 Å². The van der Waals surface area contributed by atoms with Crippen molar-refractivity contribution in [3.8, 4) is 0 Å². The summed E-state index contributed by atoms with van der Waals surface area (Å²) in [5.74, 6) is 0.203. The summed E-state index contributed by atoms with van der Waals surface area (Å²) >= 11 is 0. The molecular weight excluding hydrogens is 250 g/mol. The Balaban J connectivity index is 2.16. The second kappa shape index (κ2) is 6.75. The van der Waals surface area contributed by atoms with Gasteiger partial charge in [0, 0.05) is 38.4 Å². The molecule has 0 aromatic heterocycles. The first-order valence-electron chi connectivity index (χ1n) is 7.38. The molecule has 0 saturated carbocycles. The van der Waals surface area contributed by atoms with E-state index in [1.807, 2.05) is 18.0 Å². The van der Waals surface area contributed by atoms with Crippen LogP contribution in [0.1, 0.15) is 25.8 Å². The van der Waals surface area contributed by atoms with Crippen molar-refractivity contribution in [1.82, 2.24) is 10.2 Å². The van der Waals surface area contributed by atoms with Crippen LogP contribution in [-0.2, 0) is 11.3 Å². The van der Waals surface area contributed by atoms with Gasteiger partial charge in [0.25, 0.3) is 0 Å². The van der Waals surface area contributed by atoms with Crippen molar-refractivity contribution in [3.05, 3.63) is 29.8 Å². The van der Waals surface area contributed by atoms with Crippen LogP contribution in [0.3, 0.4) is 0 Å². The lowest BCUT2D eigenvalue weighted by molar-refractivity contribution is -0.127. The average molecular weight is 275 g/mol. The second-order valence-electron chi connectivity index (χ2n) is 5.75. The summed E-state index contributed by atoms with van der Waals surface area (Å²) in [5, 5.41) is 3.45. The van der Waals surface area contributed by atoms with E-state index in [9.17, 15) is 4.79 Å². The summed E-state index contributed by atoms with van der Waals surface area (Å²) < 4.78 is 0. The maximum absolute atomic E-state index is 12.0. The molecule has 0 radical (unpaired) electrons. The molecule has 0 aliphatic carbocycles. The first-order chi connectivity index (χ1) is 9.58. The van der Waals surface area contributed by atoms with Crippen LogP contribution in [0.4, 0.5) is 5.69 Å². The molecule has 2 rings (SSSR count). The van der Waals surface area contributed by atoms with E-state index in [2.05, 4.69) is 42.3 Å². The summed E-state index contributed by atoms with van der Waals surface area (Å²) in [5.41, 5.74) is 2.45. The first kappa shape index (κ1) is 14.9. The summed E-state index contributed by atoms with van der Waals surface area (Å²) in [6, 6.07) is 8.83. The third kappa shape index (κ3) is 3.73. The van der Waals surface area contributed by atoms with Gasteiger partial charge in [0.1, 0.15) is 0 Å². The maximum atomic E-state index is 12.0. The van der Waals surface area contributed by atoms with Gasteiger partial charge in [0.2, 0.25) is 5.91 Å². The molecule has 1 aliphatic rings. The van der Waals surface area contributed by atoms with Gasteiger partial charge in [0.05, 0.1) is 6.54 Å². The number of para-hydroxylation sites is 1. The molecule has 0 atom stereocenters. The Hall–Kier alpha value is -1.55. The summed E-state index contributed by atoms with van der Waals surface area (Å²) in [4.78, 5) is 16.1. The molecule has 1 N–H and O–H groups in total. The molecule has 1 aromatic rings. The highest BCUT2D eigenvalue weighted by Gasteiger charge is 2.20. The van der Waals surface area contributed by atoms with Crippen LogP contribution in [0.15, 0.2) is 24.3 Å². The fourth-order valence-corrected chi connectivity index (χ4v) is 2.48. The highest BCUT2D eigenvalue weighted by molar-refractivity contribution is 5.82. The SMILES string of the molecule is CC(C)NCc1ccccc1N1CCCN(C)C(=O)C1. The van der Waals surface area contributed by atoms with Gasteiger partial charge < -0.3 is 15.1 Å². The zero-order chi connectivity index (χ0) is 14.5. The topological polar surface area (TPSA) is 35.6 Å². The van der Waals surface area contributed by atoms with Crippen LogP contribution in [0, 0.1) is 0 Å². The standard InChI is InChI=1S/C16H25N3O/c1-13(2)17-11-14-7-4-5-8-15(14)19-10-6-9-18(3)16(20)12-19/h4-5,7-8,13,17H,6,9-12H2,1-3H3. The zero-order valence-corrected chi connectivity index (χ0v) is 12.7. The van der Waals surface area contributed by atoms with E-state index in [0.717, 1.165) is 26.1 Å². The number of likely N-dealkylation sites (N-methyl/N-ethyl adjacent to an activating group) is 1. The number of benzene rings is 1. The zero-order valence-electron chi connectivity index (χ0n) is 12.7. The van der Waals surface area contributed by atoms with Crippen LogP contribution in [-0.4, -0.2) is 43.5 Å². The van der Waals surface area contributed by atoms with Crippen LogP contribution in [0.5, 0.6) is 0 Å². The van der Waals surface area contributed by atoms with Gasteiger partial charge in [-0.05, 0) is 18.1 Å². The summed E-state index contributed by atoms with van der Waals surface area (Å²) in [7, 11) is 1.89. The fourth-order valence-electron chi connectivity index (χ4n) is 2.48. The summed E-state index contributed by atoms with van der Waals surface area (Å²) in [6.07, 6.45) is 1.02. The monoisotopic (exact) mass is 275 g/mol. The number of nitrogens with one attached hydrogen (secondary N) is 1. The average Bonchev–Trinajstić information content (AvgIpc) is 2.59. The fraction of sp³-hybridized carbons (Fsp3) is 0.562. The van der Waals surface area contributed by atoms with Crippen LogP contribution < -0.4 is 10.2 Å². The van der Waals surface area contributed by atoms with E-state index < -0.39 is 0 Å². The Kier molecular flexibility index (Phi) is 5.01. The number of carbonyl (C=O) groups excluding carboxylic acids is 1. The maximum Gasteiger partial charge on any atom is 0.241 e. The lowest BCUT2D eigenvalue weighted by Gasteiger charge is -2.25. The molecular formula is C16H25N3O. The molecule has 0 bridgehead atoms. The lowest BCUT2D eigenvalue weighted by atomic mass is 10.1. The van der Waals surface area contributed by atoms with Gasteiger partial charge in [-0.2, -0.15) is 0 Å². The molecule has 110 valence electrons. The van der Waals surface area contributed by atoms with E-state index >= 15 is 0 Å². The molecule has 1 saturated heterocycles. The molecule has 1 aliphatic heterocycles. The van der Waals surface area contributed by atoms with Crippen LogP contribution in [0.25, 0.3) is 0 Å². The number of nitrogens with zero attached hydrogens (tertiary/aromatic N) is 2. The lowest BCUT2D eigenvalue weighted by Crippen LogP contribution is -2.35. The highest BCUT2D eigenvalue weighted by atomic mass is 16.2. The number of amides is 1. The molecule has 0 unspecified atom stereocenters. The minimum Gasteiger partial charge on any atom is -0.362 e. The Labute approximate surface area is 121 Å². The molecule has 1 heterocycles. The third-order valence-electron chi connectivity index (χ3n) is 3.71. The quantitative estimate of drug-likeness (QED) is 0.911. The van der Waals surface area contributed by atoms with E-state index in [0.29, 0.717) is 12.6 Å². The van der Waals surface area contributed by atoms with Gasteiger partial charge >= 0.3 is 0 Å². The predicted molar refractivity (Wildman–Crippen MR) is 82.9 cm³/mol. The first-order valence-corrected chi connectivity index (χ1v) is 7.38. The third-order valence-corrected chi connectivity index (χ3v) is 3.71. The molecule has 1 aromatic carbocycles. The minimum atomic E-state index is 0.203. The van der Waals surface area contributed by atoms with Gasteiger partial charge in [-0.25, -0.2) is 0 Å². The summed E-state index contributed by atoms with van der Waals surface area (Å²) in [6.45, 7) is 7.40. The molecule has 0 spiro atoms. The van der Waals surface area contributed by atoms with Crippen molar-refractivity contribution >= 4 is 11.6 Å². The number of hydrogen-bond donors (Lipinski definition) is 1. The van der Waals surface area contributed by atoms with Gasteiger partial charge in [0.15, 0.2) is 0 Å². The van der Waals surface area contributed by atoms with Crippen LogP contribution in [0.2, 0.25) is 0 Å². The van der Waals surface area contributed by atoms with Crippen molar-refractivity contribution in [1.29, 1.82) is 0 Å². The second-order valence-corrected chi connectivity index (χ2v) is 5.75. The Morgan fingerprint density at radius 2 is 2.00 bits per heavy atom. The van der Waals surface area contributed by atoms with Crippen molar-refractivity contribution in [2.24, 2.45) is 0 Å². The minimum absolute atomic E-state index is 0.203. The predicted octanol–water partition coefficient (Wildman–Crippen LogP) is 1.85. The van der Waals surface area contributed by atoms with Gasteiger partial charge in [-0.15, -0.1) is 0 Å². The van der Waals surface area contributed by atoms with Crippen molar-refractivity contribution in [2.45, 2.75) is 32.9 Å². The molecule has 4 heteroatoms.